The van der Waals surface area contributed by atoms with Crippen LogP contribution in [0.4, 0.5) is 15.9 Å². The van der Waals surface area contributed by atoms with Crippen molar-refractivity contribution in [3.05, 3.63) is 65.7 Å². The summed E-state index contributed by atoms with van der Waals surface area (Å²) in [4.78, 5) is 9.29. The third kappa shape index (κ3) is 3.14. The van der Waals surface area contributed by atoms with E-state index in [9.17, 15) is 4.39 Å². The summed E-state index contributed by atoms with van der Waals surface area (Å²) < 4.78 is 26.7. The molecule has 3 heterocycles. The molecular formula is C22H19FN4O2. The van der Waals surface area contributed by atoms with Gasteiger partial charge in [0, 0.05) is 28.7 Å². The first-order valence-electron chi connectivity index (χ1n) is 9.38. The second kappa shape index (κ2) is 6.77. The van der Waals surface area contributed by atoms with Crippen LogP contribution >= 0.6 is 0 Å². The summed E-state index contributed by atoms with van der Waals surface area (Å²) in [7, 11) is 0. The quantitative estimate of drug-likeness (QED) is 0.551. The first kappa shape index (κ1) is 17.5. The number of hydrogen-bond donors (Lipinski definition) is 1. The number of halogens is 1. The summed E-state index contributed by atoms with van der Waals surface area (Å²) in [6.45, 7) is 5.02. The van der Waals surface area contributed by atoms with Crippen molar-refractivity contribution in [2.45, 2.75) is 13.8 Å². The van der Waals surface area contributed by atoms with Gasteiger partial charge in [0.15, 0.2) is 11.5 Å². The minimum Gasteiger partial charge on any atom is -0.486 e. The molecule has 1 N–H and O–H groups in total. The van der Waals surface area contributed by atoms with E-state index in [2.05, 4.69) is 10.3 Å². The minimum absolute atomic E-state index is 0.288. The van der Waals surface area contributed by atoms with Crippen LogP contribution in [0.3, 0.4) is 0 Å². The van der Waals surface area contributed by atoms with Crippen molar-refractivity contribution in [3.8, 4) is 22.8 Å². The van der Waals surface area contributed by atoms with Gasteiger partial charge in [-0.05, 0) is 56.3 Å². The molecule has 0 atom stereocenters. The Morgan fingerprint density at radius 3 is 2.48 bits per heavy atom. The lowest BCUT2D eigenvalue weighted by atomic mass is 10.1. The smallest absolute Gasteiger partial charge is 0.236 e. The number of aryl methyl sites for hydroxylation is 2. The van der Waals surface area contributed by atoms with Crippen molar-refractivity contribution >= 4 is 17.3 Å². The normalized spacial score (nSPS) is 12.9. The summed E-state index contributed by atoms with van der Waals surface area (Å²) in [5.74, 6) is 2.48. The van der Waals surface area contributed by atoms with E-state index in [1.54, 1.807) is 12.1 Å². The van der Waals surface area contributed by atoms with Crippen molar-refractivity contribution in [3.63, 3.8) is 0 Å². The van der Waals surface area contributed by atoms with Crippen LogP contribution in [0, 0.1) is 19.7 Å². The van der Waals surface area contributed by atoms with Gasteiger partial charge in [-0.25, -0.2) is 14.4 Å². The molecule has 29 heavy (non-hydrogen) atoms. The van der Waals surface area contributed by atoms with Crippen LogP contribution < -0.4 is 14.8 Å². The van der Waals surface area contributed by atoms with E-state index in [-0.39, 0.29) is 5.82 Å². The highest BCUT2D eigenvalue weighted by atomic mass is 19.1. The maximum absolute atomic E-state index is 13.5. The zero-order chi connectivity index (χ0) is 20.0. The molecule has 0 amide bonds. The van der Waals surface area contributed by atoms with Crippen molar-refractivity contribution in [2.75, 3.05) is 18.5 Å². The van der Waals surface area contributed by atoms with Gasteiger partial charge in [0.05, 0.1) is 0 Å². The molecule has 1 aliphatic heterocycles. The van der Waals surface area contributed by atoms with E-state index >= 15 is 0 Å². The maximum atomic E-state index is 13.5. The predicted molar refractivity (Wildman–Crippen MR) is 109 cm³/mol. The van der Waals surface area contributed by atoms with Crippen LogP contribution in [0.5, 0.6) is 11.5 Å². The second-order valence-electron chi connectivity index (χ2n) is 6.97. The number of benzene rings is 2. The van der Waals surface area contributed by atoms with Crippen molar-refractivity contribution in [1.82, 2.24) is 14.4 Å². The number of nitrogens with one attached hydrogen (secondary N) is 1. The lowest BCUT2D eigenvalue weighted by molar-refractivity contribution is 0.171. The van der Waals surface area contributed by atoms with E-state index in [1.807, 2.05) is 42.5 Å². The van der Waals surface area contributed by atoms with Crippen LogP contribution in [-0.4, -0.2) is 27.6 Å². The SMILES string of the molecule is Cc1cc(C)n2c(Nc3ccc4c(c3)OCCO4)c(-c3ccc(F)cc3)nc2n1. The average Bonchev–Trinajstić information content (AvgIpc) is 3.06. The predicted octanol–water partition coefficient (Wildman–Crippen LogP) is 4.67. The molecule has 2 aromatic carbocycles. The molecule has 0 unspecified atom stereocenters. The number of ether oxygens (including phenoxy) is 2. The van der Waals surface area contributed by atoms with Crippen LogP contribution in [0.2, 0.25) is 0 Å². The van der Waals surface area contributed by atoms with Gasteiger partial charge in [-0.3, -0.25) is 4.40 Å². The highest BCUT2D eigenvalue weighted by Gasteiger charge is 2.19. The topological polar surface area (TPSA) is 60.7 Å². The number of nitrogens with zero attached hydrogens (tertiary/aromatic N) is 3. The molecule has 7 heteroatoms. The Bertz CT molecular complexity index is 1220. The van der Waals surface area contributed by atoms with Crippen molar-refractivity contribution in [1.29, 1.82) is 0 Å². The Hall–Kier alpha value is -3.61. The molecule has 6 nitrogen and oxygen atoms in total. The molecule has 0 aliphatic carbocycles. The van der Waals surface area contributed by atoms with E-state index < -0.39 is 0 Å². The molecule has 1 aliphatic rings. The van der Waals surface area contributed by atoms with E-state index in [1.165, 1.54) is 12.1 Å². The van der Waals surface area contributed by atoms with Gasteiger partial charge < -0.3 is 14.8 Å². The maximum Gasteiger partial charge on any atom is 0.236 e. The number of imidazole rings is 1. The number of rotatable bonds is 3. The summed E-state index contributed by atoms with van der Waals surface area (Å²) >= 11 is 0. The van der Waals surface area contributed by atoms with Crippen LogP contribution in [0.1, 0.15) is 11.4 Å². The monoisotopic (exact) mass is 390 g/mol. The number of fused-ring (bicyclic) bond motifs is 2. The molecule has 2 aromatic heterocycles. The Morgan fingerprint density at radius 2 is 1.69 bits per heavy atom. The van der Waals surface area contributed by atoms with E-state index in [0.29, 0.717) is 30.4 Å². The van der Waals surface area contributed by atoms with Gasteiger partial charge in [-0.1, -0.05) is 0 Å². The van der Waals surface area contributed by atoms with Gasteiger partial charge in [0.2, 0.25) is 5.78 Å². The van der Waals surface area contributed by atoms with Crippen LogP contribution in [0.15, 0.2) is 48.5 Å². The number of hydrogen-bond acceptors (Lipinski definition) is 5. The molecule has 0 bridgehead atoms. The first-order valence-corrected chi connectivity index (χ1v) is 9.38. The van der Waals surface area contributed by atoms with Gasteiger partial charge >= 0.3 is 0 Å². The summed E-state index contributed by atoms with van der Waals surface area (Å²) in [5.41, 5.74) is 4.21. The largest absolute Gasteiger partial charge is 0.486 e. The highest BCUT2D eigenvalue weighted by Crippen LogP contribution is 2.36. The second-order valence-corrected chi connectivity index (χ2v) is 6.97. The molecule has 5 rings (SSSR count). The van der Waals surface area contributed by atoms with E-state index in [4.69, 9.17) is 14.5 Å². The molecule has 4 aromatic rings. The summed E-state index contributed by atoms with van der Waals surface area (Å²) in [6.07, 6.45) is 0. The average molecular weight is 390 g/mol. The summed E-state index contributed by atoms with van der Waals surface area (Å²) in [6, 6.07) is 14.0. The van der Waals surface area contributed by atoms with Crippen LogP contribution in [-0.2, 0) is 0 Å². The molecule has 0 saturated heterocycles. The fourth-order valence-electron chi connectivity index (χ4n) is 3.56. The first-order chi connectivity index (χ1) is 14.1. The lowest BCUT2D eigenvalue weighted by Gasteiger charge is -2.19. The van der Waals surface area contributed by atoms with Crippen LogP contribution in [0.25, 0.3) is 17.0 Å². The Balaban J connectivity index is 1.66. The fourth-order valence-corrected chi connectivity index (χ4v) is 3.56. The summed E-state index contributed by atoms with van der Waals surface area (Å²) in [5, 5.41) is 3.45. The highest BCUT2D eigenvalue weighted by molar-refractivity contribution is 5.79. The Kier molecular flexibility index (Phi) is 4.08. The molecular weight excluding hydrogens is 371 g/mol. The Morgan fingerprint density at radius 1 is 0.931 bits per heavy atom. The minimum atomic E-state index is -0.288. The molecule has 0 saturated carbocycles. The molecule has 0 spiro atoms. The molecule has 0 radical (unpaired) electrons. The lowest BCUT2D eigenvalue weighted by Crippen LogP contribution is -2.15. The van der Waals surface area contributed by atoms with Gasteiger partial charge in [-0.2, -0.15) is 0 Å². The van der Waals surface area contributed by atoms with Gasteiger partial charge in [-0.15, -0.1) is 0 Å². The molecule has 146 valence electrons. The zero-order valence-corrected chi connectivity index (χ0v) is 16.1. The van der Waals surface area contributed by atoms with Gasteiger partial charge in [0.1, 0.15) is 30.5 Å². The Labute approximate surface area is 166 Å². The fraction of sp³-hybridized carbons (Fsp3) is 0.182. The van der Waals surface area contributed by atoms with Crippen molar-refractivity contribution < 1.29 is 13.9 Å². The standard InChI is InChI=1S/C22H19FN4O2/c1-13-11-14(2)27-21(25-17-7-8-18-19(12-17)29-10-9-28-18)20(26-22(27)24-13)15-3-5-16(23)6-4-15/h3-8,11-12,25H,9-10H2,1-2H3. The number of anilines is 2. The number of aromatic nitrogens is 3. The third-order valence-corrected chi connectivity index (χ3v) is 4.83. The van der Waals surface area contributed by atoms with Crippen molar-refractivity contribution in [2.24, 2.45) is 0 Å². The molecule has 0 fully saturated rings. The zero-order valence-electron chi connectivity index (χ0n) is 16.1. The van der Waals surface area contributed by atoms with Gasteiger partial charge in [0.25, 0.3) is 0 Å². The van der Waals surface area contributed by atoms with E-state index in [0.717, 1.165) is 34.2 Å². The third-order valence-electron chi connectivity index (χ3n) is 4.83.